The molecular formula is C11H22F2N2O. The van der Waals surface area contributed by atoms with Gasteiger partial charge in [0.25, 0.3) is 6.43 Å². The minimum atomic E-state index is -2.32. The molecule has 0 spiro atoms. The number of hydrogen-bond donors (Lipinski definition) is 2. The second-order valence-corrected chi connectivity index (χ2v) is 4.66. The lowest BCUT2D eigenvalue weighted by Crippen LogP contribution is -2.38. The molecule has 0 saturated heterocycles. The number of rotatable bonds is 9. The van der Waals surface area contributed by atoms with Crippen molar-refractivity contribution in [3.05, 3.63) is 0 Å². The highest BCUT2D eigenvalue weighted by molar-refractivity contribution is 4.81. The molecule has 0 radical (unpaired) electrons. The quantitative estimate of drug-likeness (QED) is 0.625. The Hall–Kier alpha value is -0.260. The minimum absolute atomic E-state index is 0.0600. The number of aliphatic hydroxyl groups is 1. The van der Waals surface area contributed by atoms with Crippen LogP contribution >= 0.6 is 0 Å². The topological polar surface area (TPSA) is 35.5 Å². The van der Waals surface area contributed by atoms with Gasteiger partial charge in [0, 0.05) is 19.1 Å². The van der Waals surface area contributed by atoms with E-state index in [9.17, 15) is 8.78 Å². The Balaban J connectivity index is 2.16. The van der Waals surface area contributed by atoms with E-state index in [1.165, 1.54) is 12.8 Å². The lowest BCUT2D eigenvalue weighted by Gasteiger charge is -2.24. The van der Waals surface area contributed by atoms with Crippen LogP contribution in [0, 0.1) is 5.92 Å². The summed E-state index contributed by atoms with van der Waals surface area (Å²) in [6.07, 6.45) is 0.156. The molecular weight excluding hydrogens is 214 g/mol. The lowest BCUT2D eigenvalue weighted by molar-refractivity contribution is 0.0711. The normalized spacial score (nSPS) is 18.4. The SMILES string of the molecule is CC(CNC1CC1)CN(CCO)CC(F)F. The summed E-state index contributed by atoms with van der Waals surface area (Å²) < 4.78 is 24.5. The molecule has 0 aliphatic heterocycles. The summed E-state index contributed by atoms with van der Waals surface area (Å²) in [4.78, 5) is 1.63. The van der Waals surface area contributed by atoms with Crippen molar-refractivity contribution >= 4 is 0 Å². The van der Waals surface area contributed by atoms with Gasteiger partial charge >= 0.3 is 0 Å². The molecule has 3 nitrogen and oxygen atoms in total. The highest BCUT2D eigenvalue weighted by Crippen LogP contribution is 2.18. The summed E-state index contributed by atoms with van der Waals surface area (Å²) in [5.74, 6) is 0.339. The Kier molecular flexibility index (Phi) is 6.16. The van der Waals surface area contributed by atoms with Crippen LogP contribution in [0.3, 0.4) is 0 Å². The molecule has 1 aliphatic carbocycles. The smallest absolute Gasteiger partial charge is 0.251 e. The predicted octanol–water partition coefficient (Wildman–Crippen LogP) is 0.934. The first-order valence-electron chi connectivity index (χ1n) is 5.96. The van der Waals surface area contributed by atoms with Crippen LogP contribution in [-0.2, 0) is 0 Å². The van der Waals surface area contributed by atoms with Gasteiger partial charge in [-0.25, -0.2) is 8.78 Å². The maximum absolute atomic E-state index is 12.2. The molecule has 1 fully saturated rings. The van der Waals surface area contributed by atoms with Crippen molar-refractivity contribution in [1.29, 1.82) is 0 Å². The van der Waals surface area contributed by atoms with Crippen LogP contribution in [0.25, 0.3) is 0 Å². The van der Waals surface area contributed by atoms with Gasteiger partial charge in [0.2, 0.25) is 0 Å². The van der Waals surface area contributed by atoms with Crippen molar-refractivity contribution in [2.24, 2.45) is 5.92 Å². The number of nitrogens with one attached hydrogen (secondary N) is 1. The van der Waals surface area contributed by atoms with Gasteiger partial charge in [0.15, 0.2) is 0 Å². The monoisotopic (exact) mass is 236 g/mol. The summed E-state index contributed by atoms with van der Waals surface area (Å²) >= 11 is 0. The van der Waals surface area contributed by atoms with Gasteiger partial charge in [-0.2, -0.15) is 0 Å². The standard InChI is InChI=1S/C11H22F2N2O/c1-9(6-14-10-2-3-10)7-15(4-5-16)8-11(12)13/h9-11,14,16H,2-8H2,1H3. The van der Waals surface area contributed by atoms with Crippen LogP contribution in [0.5, 0.6) is 0 Å². The Morgan fingerprint density at radius 1 is 1.38 bits per heavy atom. The van der Waals surface area contributed by atoms with Crippen molar-refractivity contribution in [2.45, 2.75) is 32.2 Å². The molecule has 1 aliphatic rings. The molecule has 0 heterocycles. The fraction of sp³-hybridized carbons (Fsp3) is 1.00. The Morgan fingerprint density at radius 2 is 2.06 bits per heavy atom. The lowest BCUT2D eigenvalue weighted by atomic mass is 10.1. The van der Waals surface area contributed by atoms with E-state index in [0.29, 0.717) is 25.0 Å². The first-order valence-corrected chi connectivity index (χ1v) is 5.96. The maximum atomic E-state index is 12.2. The average Bonchev–Trinajstić information content (AvgIpc) is 2.97. The Morgan fingerprint density at radius 3 is 2.56 bits per heavy atom. The highest BCUT2D eigenvalue weighted by Gasteiger charge is 2.21. The van der Waals surface area contributed by atoms with E-state index in [2.05, 4.69) is 5.32 Å². The molecule has 0 aromatic carbocycles. The van der Waals surface area contributed by atoms with Crippen LogP contribution in [-0.4, -0.2) is 55.3 Å². The fourth-order valence-electron chi connectivity index (χ4n) is 1.75. The molecule has 0 aromatic heterocycles. The van der Waals surface area contributed by atoms with Crippen molar-refractivity contribution in [3.63, 3.8) is 0 Å². The van der Waals surface area contributed by atoms with E-state index in [1.807, 2.05) is 6.92 Å². The van der Waals surface area contributed by atoms with Gasteiger partial charge in [-0.05, 0) is 25.3 Å². The molecule has 2 N–H and O–H groups in total. The molecule has 0 bridgehead atoms. The average molecular weight is 236 g/mol. The molecule has 1 saturated carbocycles. The number of aliphatic hydroxyl groups excluding tert-OH is 1. The van der Waals surface area contributed by atoms with Gasteiger partial charge in [-0.1, -0.05) is 6.92 Å². The second-order valence-electron chi connectivity index (χ2n) is 4.66. The number of hydrogen-bond acceptors (Lipinski definition) is 3. The van der Waals surface area contributed by atoms with Crippen LogP contribution in [0.2, 0.25) is 0 Å². The number of halogens is 2. The second kappa shape index (κ2) is 7.14. The summed E-state index contributed by atoms with van der Waals surface area (Å²) in [7, 11) is 0. The minimum Gasteiger partial charge on any atom is -0.395 e. The molecule has 96 valence electrons. The van der Waals surface area contributed by atoms with Gasteiger partial charge in [0.05, 0.1) is 13.2 Å². The fourth-order valence-corrected chi connectivity index (χ4v) is 1.75. The van der Waals surface area contributed by atoms with Crippen LogP contribution in [0.4, 0.5) is 8.78 Å². The van der Waals surface area contributed by atoms with Crippen molar-refractivity contribution in [3.8, 4) is 0 Å². The van der Waals surface area contributed by atoms with Gasteiger partial charge in [0.1, 0.15) is 0 Å². The van der Waals surface area contributed by atoms with Crippen LogP contribution in [0.15, 0.2) is 0 Å². The van der Waals surface area contributed by atoms with E-state index in [-0.39, 0.29) is 13.2 Å². The highest BCUT2D eigenvalue weighted by atomic mass is 19.3. The largest absolute Gasteiger partial charge is 0.395 e. The molecule has 0 amide bonds. The Bertz CT molecular complexity index is 189. The molecule has 5 heteroatoms. The molecule has 1 rings (SSSR count). The third-order valence-electron chi connectivity index (χ3n) is 2.71. The van der Waals surface area contributed by atoms with Crippen molar-refractivity contribution < 1.29 is 13.9 Å². The zero-order chi connectivity index (χ0) is 12.0. The summed E-state index contributed by atoms with van der Waals surface area (Å²) in [5.41, 5.74) is 0. The van der Waals surface area contributed by atoms with E-state index in [0.717, 1.165) is 6.54 Å². The predicted molar refractivity (Wildman–Crippen MR) is 59.7 cm³/mol. The third kappa shape index (κ3) is 6.35. The number of nitrogens with zero attached hydrogens (tertiary/aromatic N) is 1. The van der Waals surface area contributed by atoms with Gasteiger partial charge in [-0.15, -0.1) is 0 Å². The summed E-state index contributed by atoms with van der Waals surface area (Å²) in [5, 5.41) is 12.2. The van der Waals surface area contributed by atoms with E-state index >= 15 is 0 Å². The Labute approximate surface area is 95.8 Å². The third-order valence-corrected chi connectivity index (χ3v) is 2.71. The molecule has 16 heavy (non-hydrogen) atoms. The molecule has 0 aromatic rings. The van der Waals surface area contributed by atoms with Crippen molar-refractivity contribution in [2.75, 3.05) is 32.8 Å². The zero-order valence-electron chi connectivity index (χ0n) is 9.83. The van der Waals surface area contributed by atoms with E-state index in [4.69, 9.17) is 5.11 Å². The summed E-state index contributed by atoms with van der Waals surface area (Å²) in [6, 6.07) is 0.656. The molecule has 1 unspecified atom stereocenters. The van der Waals surface area contributed by atoms with E-state index in [1.54, 1.807) is 4.90 Å². The van der Waals surface area contributed by atoms with Gasteiger partial charge in [-0.3, -0.25) is 4.90 Å². The van der Waals surface area contributed by atoms with Crippen LogP contribution in [0.1, 0.15) is 19.8 Å². The first-order chi connectivity index (χ1) is 7.61. The van der Waals surface area contributed by atoms with Crippen molar-refractivity contribution in [1.82, 2.24) is 10.2 Å². The molecule has 1 atom stereocenters. The van der Waals surface area contributed by atoms with Crippen LogP contribution < -0.4 is 5.32 Å². The first kappa shape index (κ1) is 13.8. The van der Waals surface area contributed by atoms with Gasteiger partial charge < -0.3 is 10.4 Å². The van der Waals surface area contributed by atoms with E-state index < -0.39 is 6.43 Å². The summed E-state index contributed by atoms with van der Waals surface area (Å²) in [6.45, 7) is 3.56. The zero-order valence-corrected chi connectivity index (χ0v) is 9.83. The maximum Gasteiger partial charge on any atom is 0.251 e. The number of alkyl halides is 2.